The van der Waals surface area contributed by atoms with E-state index in [1.807, 2.05) is 6.26 Å². The quantitative estimate of drug-likeness (QED) is 0.826. The summed E-state index contributed by atoms with van der Waals surface area (Å²) >= 11 is 0. The molecule has 2 aliphatic heterocycles. The summed E-state index contributed by atoms with van der Waals surface area (Å²) in [7, 11) is 0. The molecule has 0 aliphatic carbocycles. The number of nitrogens with zero attached hydrogens (tertiary/aromatic N) is 1. The zero-order valence-corrected chi connectivity index (χ0v) is 9.45. The molecule has 0 radical (unpaired) electrons. The van der Waals surface area contributed by atoms with Gasteiger partial charge in [0.1, 0.15) is 6.26 Å². The summed E-state index contributed by atoms with van der Waals surface area (Å²) in [6.07, 6.45) is 5.12. The maximum absolute atomic E-state index is 5.62. The Bertz CT molecular complexity index is 339. The SMILES string of the molecule is c1oc(C2CCOCC2)nc1C1CCNC1. The van der Waals surface area contributed by atoms with Crippen molar-refractivity contribution in [2.75, 3.05) is 26.3 Å². The molecule has 0 spiro atoms. The molecule has 2 saturated heterocycles. The predicted molar refractivity (Wildman–Crippen MR) is 59.5 cm³/mol. The molecule has 88 valence electrons. The van der Waals surface area contributed by atoms with E-state index in [-0.39, 0.29) is 0 Å². The molecule has 16 heavy (non-hydrogen) atoms. The van der Waals surface area contributed by atoms with Crippen molar-refractivity contribution >= 4 is 0 Å². The Kier molecular flexibility index (Phi) is 2.93. The lowest BCUT2D eigenvalue weighted by atomic mass is 10.0. The van der Waals surface area contributed by atoms with E-state index in [0.29, 0.717) is 11.8 Å². The second kappa shape index (κ2) is 4.55. The maximum Gasteiger partial charge on any atom is 0.197 e. The Balaban J connectivity index is 1.71. The van der Waals surface area contributed by atoms with Crippen LogP contribution in [0.25, 0.3) is 0 Å². The van der Waals surface area contributed by atoms with Crippen LogP contribution in [-0.4, -0.2) is 31.3 Å². The number of hydrogen-bond acceptors (Lipinski definition) is 4. The highest BCUT2D eigenvalue weighted by Gasteiger charge is 2.24. The number of hydrogen-bond donors (Lipinski definition) is 1. The van der Waals surface area contributed by atoms with E-state index in [9.17, 15) is 0 Å². The van der Waals surface area contributed by atoms with Gasteiger partial charge in [-0.25, -0.2) is 4.98 Å². The van der Waals surface area contributed by atoms with Gasteiger partial charge in [-0.3, -0.25) is 0 Å². The molecule has 0 aromatic carbocycles. The van der Waals surface area contributed by atoms with E-state index in [1.54, 1.807) is 0 Å². The van der Waals surface area contributed by atoms with Crippen LogP contribution in [0.3, 0.4) is 0 Å². The van der Waals surface area contributed by atoms with Crippen LogP contribution in [0.15, 0.2) is 10.7 Å². The second-order valence-corrected chi connectivity index (χ2v) is 4.69. The van der Waals surface area contributed by atoms with Gasteiger partial charge in [-0.15, -0.1) is 0 Å². The molecule has 1 aromatic rings. The monoisotopic (exact) mass is 222 g/mol. The Morgan fingerprint density at radius 1 is 1.19 bits per heavy atom. The minimum atomic E-state index is 0.469. The molecule has 4 nitrogen and oxygen atoms in total. The highest BCUT2D eigenvalue weighted by molar-refractivity contribution is 5.09. The van der Waals surface area contributed by atoms with E-state index in [2.05, 4.69) is 10.3 Å². The lowest BCUT2D eigenvalue weighted by Crippen LogP contribution is -2.14. The molecule has 1 unspecified atom stereocenters. The normalized spacial score (nSPS) is 27.4. The summed E-state index contributed by atoms with van der Waals surface area (Å²) < 4.78 is 11.0. The lowest BCUT2D eigenvalue weighted by Gasteiger charge is -2.18. The van der Waals surface area contributed by atoms with Crippen molar-refractivity contribution in [1.82, 2.24) is 10.3 Å². The molecule has 0 bridgehead atoms. The van der Waals surface area contributed by atoms with Gasteiger partial charge in [0.25, 0.3) is 0 Å². The van der Waals surface area contributed by atoms with E-state index >= 15 is 0 Å². The maximum atomic E-state index is 5.62. The van der Waals surface area contributed by atoms with Crippen LogP contribution in [0.2, 0.25) is 0 Å². The summed E-state index contributed by atoms with van der Waals surface area (Å²) in [5.41, 5.74) is 1.13. The second-order valence-electron chi connectivity index (χ2n) is 4.69. The summed E-state index contributed by atoms with van der Waals surface area (Å²) in [6.45, 7) is 3.82. The minimum absolute atomic E-state index is 0.469. The van der Waals surface area contributed by atoms with E-state index in [4.69, 9.17) is 9.15 Å². The first-order chi connectivity index (χ1) is 7.93. The first-order valence-corrected chi connectivity index (χ1v) is 6.17. The van der Waals surface area contributed by atoms with Crippen LogP contribution in [-0.2, 0) is 4.74 Å². The molecule has 1 atom stereocenters. The first-order valence-electron chi connectivity index (χ1n) is 6.17. The molecule has 3 heterocycles. The van der Waals surface area contributed by atoms with Gasteiger partial charge in [-0.05, 0) is 25.8 Å². The van der Waals surface area contributed by atoms with Gasteiger partial charge in [0.2, 0.25) is 0 Å². The van der Waals surface area contributed by atoms with Gasteiger partial charge < -0.3 is 14.5 Å². The smallest absolute Gasteiger partial charge is 0.197 e. The average molecular weight is 222 g/mol. The molecule has 0 amide bonds. The summed E-state index contributed by atoms with van der Waals surface area (Å²) in [6, 6.07) is 0. The van der Waals surface area contributed by atoms with Crippen LogP contribution in [0.4, 0.5) is 0 Å². The zero-order valence-electron chi connectivity index (χ0n) is 9.45. The van der Waals surface area contributed by atoms with Gasteiger partial charge in [0.15, 0.2) is 5.89 Å². The molecule has 1 N–H and O–H groups in total. The summed E-state index contributed by atoms with van der Waals surface area (Å²) in [5, 5.41) is 3.36. The number of rotatable bonds is 2. The Hall–Kier alpha value is -0.870. The van der Waals surface area contributed by atoms with Crippen LogP contribution in [0.1, 0.15) is 42.7 Å². The standard InChI is InChI=1S/C12H18N2O2/c1-4-13-7-10(1)11-8-16-12(14-11)9-2-5-15-6-3-9/h8-10,13H,1-7H2. The molecule has 1 aromatic heterocycles. The van der Waals surface area contributed by atoms with Gasteiger partial charge >= 0.3 is 0 Å². The summed E-state index contributed by atoms with van der Waals surface area (Å²) in [5.74, 6) is 1.94. The fraction of sp³-hybridized carbons (Fsp3) is 0.750. The van der Waals surface area contributed by atoms with Crippen molar-refractivity contribution in [1.29, 1.82) is 0 Å². The van der Waals surface area contributed by atoms with Gasteiger partial charge in [-0.2, -0.15) is 0 Å². The van der Waals surface area contributed by atoms with Crippen molar-refractivity contribution < 1.29 is 9.15 Å². The Morgan fingerprint density at radius 2 is 2.06 bits per heavy atom. The third kappa shape index (κ3) is 1.99. The van der Waals surface area contributed by atoms with Crippen LogP contribution >= 0.6 is 0 Å². The minimum Gasteiger partial charge on any atom is -0.448 e. The number of nitrogens with one attached hydrogen (secondary N) is 1. The van der Waals surface area contributed by atoms with Gasteiger partial charge in [0, 0.05) is 31.6 Å². The lowest BCUT2D eigenvalue weighted by molar-refractivity contribution is 0.0794. The van der Waals surface area contributed by atoms with Crippen molar-refractivity contribution in [3.05, 3.63) is 17.8 Å². The summed E-state index contributed by atoms with van der Waals surface area (Å²) in [4.78, 5) is 4.65. The highest BCUT2D eigenvalue weighted by atomic mass is 16.5. The first kappa shape index (κ1) is 10.3. The van der Waals surface area contributed by atoms with Crippen molar-refractivity contribution in [2.24, 2.45) is 0 Å². The topological polar surface area (TPSA) is 47.3 Å². The van der Waals surface area contributed by atoms with Crippen LogP contribution in [0.5, 0.6) is 0 Å². The van der Waals surface area contributed by atoms with Gasteiger partial charge in [-0.1, -0.05) is 0 Å². The van der Waals surface area contributed by atoms with E-state index < -0.39 is 0 Å². The highest BCUT2D eigenvalue weighted by Crippen LogP contribution is 2.29. The molecular weight excluding hydrogens is 204 g/mol. The largest absolute Gasteiger partial charge is 0.448 e. The Morgan fingerprint density at radius 3 is 2.81 bits per heavy atom. The molecule has 2 aliphatic rings. The molecular formula is C12H18N2O2. The van der Waals surface area contributed by atoms with Crippen molar-refractivity contribution in [3.8, 4) is 0 Å². The average Bonchev–Trinajstić information content (AvgIpc) is 3.01. The molecule has 0 saturated carbocycles. The van der Waals surface area contributed by atoms with Gasteiger partial charge in [0.05, 0.1) is 5.69 Å². The van der Waals surface area contributed by atoms with Crippen LogP contribution in [0, 0.1) is 0 Å². The van der Waals surface area contributed by atoms with E-state index in [0.717, 1.165) is 50.7 Å². The third-order valence-electron chi connectivity index (χ3n) is 3.59. The zero-order chi connectivity index (χ0) is 10.8. The molecule has 2 fully saturated rings. The van der Waals surface area contributed by atoms with Crippen molar-refractivity contribution in [3.63, 3.8) is 0 Å². The Labute approximate surface area is 95.4 Å². The predicted octanol–water partition coefficient (Wildman–Crippen LogP) is 1.65. The van der Waals surface area contributed by atoms with E-state index in [1.165, 1.54) is 6.42 Å². The third-order valence-corrected chi connectivity index (χ3v) is 3.59. The fourth-order valence-electron chi connectivity index (χ4n) is 2.53. The molecule has 3 rings (SSSR count). The van der Waals surface area contributed by atoms with Crippen LogP contribution < -0.4 is 5.32 Å². The van der Waals surface area contributed by atoms with Crippen molar-refractivity contribution in [2.45, 2.75) is 31.1 Å². The number of ether oxygens (including phenoxy) is 1. The molecule has 4 heteroatoms. The number of aromatic nitrogens is 1. The fourth-order valence-corrected chi connectivity index (χ4v) is 2.53. The number of oxazole rings is 1.